The van der Waals surface area contributed by atoms with Gasteiger partial charge in [0.25, 0.3) is 0 Å². The standard InChI is InChI=1S/C17H28N2O7/c1-10(21)18-7-13-12(16(24)25-5)6-11(15(22)23)14(13)8-19(9-20)26-17(2,3)4/h9,11-14H,6-8H2,1-5H3,(H,18,21)(H,22,23)/t11-,12+,13-,14+/m0/s1. The predicted octanol–water partition coefficient (Wildman–Crippen LogP) is 0.437. The van der Waals surface area contributed by atoms with E-state index in [-0.39, 0.29) is 25.4 Å². The summed E-state index contributed by atoms with van der Waals surface area (Å²) in [5.41, 5.74) is -0.646. The van der Waals surface area contributed by atoms with E-state index in [1.54, 1.807) is 20.8 Å². The lowest BCUT2D eigenvalue weighted by atomic mass is 9.86. The third-order valence-corrected chi connectivity index (χ3v) is 4.40. The van der Waals surface area contributed by atoms with Crippen LogP contribution < -0.4 is 5.32 Å². The molecule has 2 amide bonds. The van der Waals surface area contributed by atoms with Crippen LogP contribution in [0.25, 0.3) is 0 Å². The third-order valence-electron chi connectivity index (χ3n) is 4.40. The second-order valence-corrected chi connectivity index (χ2v) is 7.48. The summed E-state index contributed by atoms with van der Waals surface area (Å²) in [6, 6.07) is 0. The summed E-state index contributed by atoms with van der Waals surface area (Å²) < 4.78 is 4.80. The van der Waals surface area contributed by atoms with Crippen LogP contribution in [-0.2, 0) is 28.8 Å². The Kier molecular flexibility index (Phi) is 7.55. The van der Waals surface area contributed by atoms with E-state index < -0.39 is 41.2 Å². The highest BCUT2D eigenvalue weighted by atomic mass is 16.7. The number of amides is 2. The lowest BCUT2D eigenvalue weighted by Crippen LogP contribution is -2.43. The molecular formula is C17H28N2O7. The van der Waals surface area contributed by atoms with Gasteiger partial charge >= 0.3 is 11.9 Å². The molecule has 0 spiro atoms. The first-order valence-electron chi connectivity index (χ1n) is 8.46. The molecule has 0 saturated heterocycles. The zero-order valence-electron chi connectivity index (χ0n) is 15.9. The second-order valence-electron chi connectivity index (χ2n) is 7.48. The number of methoxy groups -OCH3 is 1. The molecule has 0 aromatic heterocycles. The van der Waals surface area contributed by atoms with Gasteiger partial charge in [-0.05, 0) is 39.0 Å². The molecule has 0 radical (unpaired) electrons. The molecule has 9 heteroatoms. The number of hydroxylamine groups is 2. The molecule has 26 heavy (non-hydrogen) atoms. The minimum absolute atomic E-state index is 0.00448. The number of carboxylic acid groups (broad SMARTS) is 1. The molecule has 0 aliphatic heterocycles. The van der Waals surface area contributed by atoms with Crippen molar-refractivity contribution in [3.8, 4) is 0 Å². The van der Waals surface area contributed by atoms with Gasteiger partial charge in [0.1, 0.15) is 0 Å². The Hall–Kier alpha value is -2.16. The van der Waals surface area contributed by atoms with Crippen molar-refractivity contribution in [3.63, 3.8) is 0 Å². The minimum atomic E-state index is -1.06. The van der Waals surface area contributed by atoms with Crippen LogP contribution in [0, 0.1) is 23.7 Å². The summed E-state index contributed by atoms with van der Waals surface area (Å²) in [5, 5.41) is 13.3. The van der Waals surface area contributed by atoms with E-state index in [1.165, 1.54) is 14.0 Å². The van der Waals surface area contributed by atoms with E-state index in [1.807, 2.05) is 0 Å². The van der Waals surface area contributed by atoms with Crippen LogP contribution in [0.1, 0.15) is 34.1 Å². The number of ether oxygens (including phenoxy) is 1. The topological polar surface area (TPSA) is 122 Å². The van der Waals surface area contributed by atoms with E-state index >= 15 is 0 Å². The van der Waals surface area contributed by atoms with Crippen molar-refractivity contribution < 1.29 is 33.9 Å². The van der Waals surface area contributed by atoms with Gasteiger partial charge in [-0.3, -0.25) is 24.0 Å². The van der Waals surface area contributed by atoms with Crippen LogP contribution in [-0.4, -0.2) is 60.2 Å². The molecule has 1 aliphatic carbocycles. The molecule has 9 nitrogen and oxygen atoms in total. The van der Waals surface area contributed by atoms with Gasteiger partial charge < -0.3 is 15.2 Å². The van der Waals surface area contributed by atoms with Crippen LogP contribution in [0.5, 0.6) is 0 Å². The second kappa shape index (κ2) is 8.98. The van der Waals surface area contributed by atoms with Gasteiger partial charge in [-0.15, -0.1) is 0 Å². The molecule has 148 valence electrons. The summed E-state index contributed by atoms with van der Waals surface area (Å²) in [6.45, 7) is 6.74. The largest absolute Gasteiger partial charge is 0.481 e. The average molecular weight is 372 g/mol. The number of aliphatic carboxylic acids is 1. The van der Waals surface area contributed by atoms with E-state index in [0.29, 0.717) is 6.41 Å². The Balaban J connectivity index is 3.11. The van der Waals surface area contributed by atoms with Crippen molar-refractivity contribution in [1.29, 1.82) is 0 Å². The Morgan fingerprint density at radius 2 is 1.85 bits per heavy atom. The number of hydrogen-bond acceptors (Lipinski definition) is 6. The fraction of sp³-hybridized carbons (Fsp3) is 0.765. The number of hydrogen-bond donors (Lipinski definition) is 2. The van der Waals surface area contributed by atoms with Crippen molar-refractivity contribution in [2.75, 3.05) is 20.2 Å². The molecule has 0 heterocycles. The van der Waals surface area contributed by atoms with Crippen molar-refractivity contribution in [2.24, 2.45) is 23.7 Å². The van der Waals surface area contributed by atoms with Gasteiger partial charge in [-0.25, -0.2) is 5.06 Å². The van der Waals surface area contributed by atoms with Gasteiger partial charge in [0.05, 0.1) is 31.1 Å². The minimum Gasteiger partial charge on any atom is -0.481 e. The average Bonchev–Trinajstić information content (AvgIpc) is 2.88. The fourth-order valence-corrected chi connectivity index (χ4v) is 3.41. The van der Waals surface area contributed by atoms with Crippen LogP contribution >= 0.6 is 0 Å². The van der Waals surface area contributed by atoms with Crippen molar-refractivity contribution in [3.05, 3.63) is 0 Å². The fourth-order valence-electron chi connectivity index (χ4n) is 3.41. The number of carboxylic acids is 1. The van der Waals surface area contributed by atoms with Crippen LogP contribution in [0.4, 0.5) is 0 Å². The maximum Gasteiger partial charge on any atom is 0.309 e. The highest BCUT2D eigenvalue weighted by molar-refractivity contribution is 5.78. The summed E-state index contributed by atoms with van der Waals surface area (Å²) in [6.07, 6.45) is 0.574. The number of esters is 1. The van der Waals surface area contributed by atoms with Crippen LogP contribution in [0.3, 0.4) is 0 Å². The Morgan fingerprint density at radius 1 is 1.23 bits per heavy atom. The van der Waals surface area contributed by atoms with Gasteiger partial charge in [0.15, 0.2) is 0 Å². The van der Waals surface area contributed by atoms with E-state index in [2.05, 4.69) is 5.32 Å². The predicted molar refractivity (Wildman–Crippen MR) is 90.5 cm³/mol. The number of carbonyl (C=O) groups is 4. The van der Waals surface area contributed by atoms with Crippen LogP contribution in [0.2, 0.25) is 0 Å². The molecular weight excluding hydrogens is 344 g/mol. The zero-order valence-corrected chi connectivity index (χ0v) is 15.9. The maximum absolute atomic E-state index is 12.1. The molecule has 1 rings (SSSR count). The monoisotopic (exact) mass is 372 g/mol. The zero-order chi connectivity index (χ0) is 20.1. The first kappa shape index (κ1) is 21.9. The van der Waals surface area contributed by atoms with Gasteiger partial charge in [0.2, 0.25) is 12.3 Å². The number of rotatable bonds is 8. The molecule has 0 bridgehead atoms. The van der Waals surface area contributed by atoms with Crippen molar-refractivity contribution in [1.82, 2.24) is 10.4 Å². The molecule has 0 aromatic rings. The Bertz CT molecular complexity index is 544. The van der Waals surface area contributed by atoms with E-state index in [9.17, 15) is 24.3 Å². The quantitative estimate of drug-likeness (QED) is 0.360. The van der Waals surface area contributed by atoms with Gasteiger partial charge in [-0.2, -0.15) is 0 Å². The first-order valence-corrected chi connectivity index (χ1v) is 8.46. The third kappa shape index (κ3) is 5.98. The number of nitrogens with one attached hydrogen (secondary N) is 1. The van der Waals surface area contributed by atoms with Gasteiger partial charge in [0, 0.05) is 13.5 Å². The Labute approximate surface area is 153 Å². The lowest BCUT2D eigenvalue weighted by Gasteiger charge is -2.32. The SMILES string of the molecule is COC(=O)[C@@H]1C[C@H](C(=O)O)[C@@H](CN(C=O)OC(C)(C)C)[C@H]1CNC(C)=O. The molecule has 2 N–H and O–H groups in total. The number of nitrogens with zero attached hydrogens (tertiary/aromatic N) is 1. The smallest absolute Gasteiger partial charge is 0.309 e. The first-order chi connectivity index (χ1) is 12.0. The lowest BCUT2D eigenvalue weighted by molar-refractivity contribution is -0.222. The summed E-state index contributed by atoms with van der Waals surface area (Å²) >= 11 is 0. The Morgan fingerprint density at radius 3 is 2.27 bits per heavy atom. The molecule has 1 saturated carbocycles. The van der Waals surface area contributed by atoms with Gasteiger partial charge in [-0.1, -0.05) is 0 Å². The normalized spacial score (nSPS) is 25.4. The van der Waals surface area contributed by atoms with E-state index in [4.69, 9.17) is 9.57 Å². The summed E-state index contributed by atoms with van der Waals surface area (Å²) in [4.78, 5) is 52.1. The molecule has 4 atom stereocenters. The molecule has 1 fully saturated rings. The van der Waals surface area contributed by atoms with E-state index in [0.717, 1.165) is 5.06 Å². The maximum atomic E-state index is 12.1. The summed E-state index contributed by atoms with van der Waals surface area (Å²) in [7, 11) is 1.24. The number of carbonyl (C=O) groups excluding carboxylic acids is 3. The highest BCUT2D eigenvalue weighted by Gasteiger charge is 2.50. The van der Waals surface area contributed by atoms with Crippen molar-refractivity contribution >= 4 is 24.3 Å². The molecule has 1 aliphatic rings. The molecule has 0 aromatic carbocycles. The highest BCUT2D eigenvalue weighted by Crippen LogP contribution is 2.43. The molecule has 0 unspecified atom stereocenters. The van der Waals surface area contributed by atoms with Crippen molar-refractivity contribution in [2.45, 2.75) is 39.7 Å². The summed E-state index contributed by atoms with van der Waals surface area (Å²) in [5.74, 6) is -4.47. The van der Waals surface area contributed by atoms with Crippen LogP contribution in [0.15, 0.2) is 0 Å².